The van der Waals surface area contributed by atoms with Crippen LogP contribution in [-0.2, 0) is 0 Å². The maximum Gasteiger partial charge on any atom is 0.251 e. The molecule has 0 aliphatic heterocycles. The lowest BCUT2D eigenvalue weighted by atomic mass is 9.63. The molecule has 0 bridgehead atoms. The second-order valence-corrected chi connectivity index (χ2v) is 8.24. The average Bonchev–Trinajstić information content (AvgIpc) is 3.16. The molecular formula is C21H25ClN4O. The fourth-order valence-corrected chi connectivity index (χ4v) is 4.71. The van der Waals surface area contributed by atoms with Gasteiger partial charge in [-0.05, 0) is 74.3 Å². The van der Waals surface area contributed by atoms with E-state index in [1.807, 2.05) is 30.4 Å². The number of carbonyl (C=O) groups is 1. The summed E-state index contributed by atoms with van der Waals surface area (Å²) in [5.74, 6) is 0.361. The molecule has 0 spiro atoms. The summed E-state index contributed by atoms with van der Waals surface area (Å²) in [4.78, 5) is 19.9. The molecule has 2 aliphatic rings. The molecule has 1 atom stereocenters. The molecule has 4 N–H and O–H groups in total. The quantitative estimate of drug-likeness (QED) is 0.747. The first kappa shape index (κ1) is 18.3. The minimum atomic E-state index is -0.0275. The van der Waals surface area contributed by atoms with Crippen LogP contribution < -0.4 is 11.1 Å². The lowest BCUT2D eigenvalue weighted by Crippen LogP contribution is -2.46. The summed E-state index contributed by atoms with van der Waals surface area (Å²) < 4.78 is 0. The number of amides is 1. The summed E-state index contributed by atoms with van der Waals surface area (Å²) in [6, 6.07) is 5.74. The van der Waals surface area contributed by atoms with Crippen molar-refractivity contribution >= 4 is 28.5 Å². The van der Waals surface area contributed by atoms with Crippen molar-refractivity contribution in [2.24, 2.45) is 17.1 Å². The number of fused-ring (bicyclic) bond motifs is 1. The monoisotopic (exact) mass is 384 g/mol. The van der Waals surface area contributed by atoms with Crippen LogP contribution >= 0.6 is 11.6 Å². The second-order valence-electron chi connectivity index (χ2n) is 7.76. The number of hydrogen-bond donors (Lipinski definition) is 3. The van der Waals surface area contributed by atoms with Crippen LogP contribution in [0.2, 0.25) is 0 Å². The van der Waals surface area contributed by atoms with E-state index >= 15 is 0 Å². The Balaban J connectivity index is 1.39. The summed E-state index contributed by atoms with van der Waals surface area (Å²) in [6.07, 6.45) is 12.7. The largest absolute Gasteiger partial charge is 0.349 e. The number of carbonyl (C=O) groups excluding carboxylic acids is 1. The number of nitrogens with one attached hydrogen (secondary N) is 2. The fourth-order valence-electron chi connectivity index (χ4n) is 4.47. The zero-order chi connectivity index (χ0) is 18.9. The van der Waals surface area contributed by atoms with Gasteiger partial charge in [0.05, 0.1) is 17.4 Å². The molecule has 4 rings (SSSR count). The number of rotatable bonds is 4. The van der Waals surface area contributed by atoms with Gasteiger partial charge in [0, 0.05) is 16.6 Å². The number of aromatic amines is 1. The third-order valence-corrected chi connectivity index (χ3v) is 6.51. The van der Waals surface area contributed by atoms with E-state index in [9.17, 15) is 4.79 Å². The van der Waals surface area contributed by atoms with E-state index in [0.717, 1.165) is 48.2 Å². The van der Waals surface area contributed by atoms with Crippen LogP contribution in [0.4, 0.5) is 0 Å². The van der Waals surface area contributed by atoms with Gasteiger partial charge in [-0.1, -0.05) is 23.8 Å². The second kappa shape index (κ2) is 7.49. The zero-order valence-electron chi connectivity index (χ0n) is 15.2. The molecule has 1 heterocycles. The Morgan fingerprint density at radius 1 is 1.37 bits per heavy atom. The average molecular weight is 385 g/mol. The predicted molar refractivity (Wildman–Crippen MR) is 108 cm³/mol. The number of allylic oxidation sites excluding steroid dienone is 4. The first-order valence-electron chi connectivity index (χ1n) is 9.56. The molecule has 0 saturated heterocycles. The van der Waals surface area contributed by atoms with Gasteiger partial charge in [0.2, 0.25) is 0 Å². The molecule has 2 aliphatic carbocycles. The Labute approximate surface area is 164 Å². The number of nitrogens with two attached hydrogens (primary N) is 1. The fraction of sp³-hybridized carbons (Fsp3) is 0.429. The first-order chi connectivity index (χ1) is 13.1. The Morgan fingerprint density at radius 3 is 2.93 bits per heavy atom. The normalized spacial score (nSPS) is 28.1. The van der Waals surface area contributed by atoms with Crippen molar-refractivity contribution in [3.63, 3.8) is 0 Å². The van der Waals surface area contributed by atoms with Crippen LogP contribution in [0.1, 0.15) is 42.5 Å². The Morgan fingerprint density at radius 2 is 2.19 bits per heavy atom. The Bertz CT molecular complexity index is 892. The van der Waals surface area contributed by atoms with E-state index in [1.165, 1.54) is 0 Å². The smallest absolute Gasteiger partial charge is 0.251 e. The Hall–Kier alpha value is -2.11. The van der Waals surface area contributed by atoms with E-state index in [4.69, 9.17) is 17.3 Å². The van der Waals surface area contributed by atoms with Gasteiger partial charge < -0.3 is 16.0 Å². The highest BCUT2D eigenvalue weighted by molar-refractivity contribution is 6.29. The van der Waals surface area contributed by atoms with Crippen LogP contribution in [0.5, 0.6) is 0 Å². The summed E-state index contributed by atoms with van der Waals surface area (Å²) in [7, 11) is 0. The van der Waals surface area contributed by atoms with Crippen LogP contribution in [0, 0.1) is 11.3 Å². The highest BCUT2D eigenvalue weighted by Gasteiger charge is 2.40. The van der Waals surface area contributed by atoms with Crippen molar-refractivity contribution in [3.8, 4) is 0 Å². The molecule has 5 nitrogen and oxygen atoms in total. The van der Waals surface area contributed by atoms with Crippen LogP contribution in [-0.4, -0.2) is 28.5 Å². The molecule has 1 aromatic carbocycles. The van der Waals surface area contributed by atoms with Crippen molar-refractivity contribution < 1.29 is 4.79 Å². The van der Waals surface area contributed by atoms with Crippen molar-refractivity contribution in [2.45, 2.75) is 38.1 Å². The molecule has 1 unspecified atom stereocenters. The van der Waals surface area contributed by atoms with Gasteiger partial charge in [0.25, 0.3) is 5.91 Å². The van der Waals surface area contributed by atoms with E-state index in [0.29, 0.717) is 18.0 Å². The lowest BCUT2D eigenvalue weighted by molar-refractivity contribution is 0.0853. The SMILES string of the molecule is NCC1(C2C=CC=C(Cl)C2)CCC(NC(=O)c2ccc3nc[nH]c3c2)CC1. The summed E-state index contributed by atoms with van der Waals surface area (Å²) >= 11 is 6.25. The number of H-pyrrole nitrogens is 1. The third-order valence-electron chi connectivity index (χ3n) is 6.23. The molecule has 142 valence electrons. The maximum absolute atomic E-state index is 12.6. The molecule has 6 heteroatoms. The highest BCUT2D eigenvalue weighted by Crippen LogP contribution is 2.46. The maximum atomic E-state index is 12.6. The van der Waals surface area contributed by atoms with Crippen LogP contribution in [0.15, 0.2) is 47.8 Å². The minimum absolute atomic E-state index is 0.0275. The zero-order valence-corrected chi connectivity index (χ0v) is 16.0. The van der Waals surface area contributed by atoms with Gasteiger partial charge in [-0.15, -0.1) is 0 Å². The van der Waals surface area contributed by atoms with Crippen molar-refractivity contribution in [2.75, 3.05) is 6.54 Å². The number of benzene rings is 1. The highest BCUT2D eigenvalue weighted by atomic mass is 35.5. The van der Waals surface area contributed by atoms with Gasteiger partial charge in [-0.2, -0.15) is 0 Å². The molecule has 1 amide bonds. The van der Waals surface area contributed by atoms with Gasteiger partial charge in [0.1, 0.15) is 0 Å². The van der Waals surface area contributed by atoms with Gasteiger partial charge in [0.15, 0.2) is 0 Å². The van der Waals surface area contributed by atoms with E-state index < -0.39 is 0 Å². The summed E-state index contributed by atoms with van der Waals surface area (Å²) in [6.45, 7) is 0.656. The van der Waals surface area contributed by atoms with Crippen LogP contribution in [0.3, 0.4) is 0 Å². The van der Waals surface area contributed by atoms with Crippen LogP contribution in [0.25, 0.3) is 11.0 Å². The molecular weight excluding hydrogens is 360 g/mol. The summed E-state index contributed by atoms with van der Waals surface area (Å²) in [5, 5.41) is 4.10. The number of aromatic nitrogens is 2. The predicted octanol–water partition coefficient (Wildman–Crippen LogP) is 3.88. The summed E-state index contributed by atoms with van der Waals surface area (Å²) in [5.41, 5.74) is 8.69. The van der Waals surface area contributed by atoms with Gasteiger partial charge >= 0.3 is 0 Å². The minimum Gasteiger partial charge on any atom is -0.349 e. The van der Waals surface area contributed by atoms with E-state index in [1.54, 1.807) is 6.33 Å². The molecule has 1 aromatic heterocycles. The Kier molecular flexibility index (Phi) is 5.06. The van der Waals surface area contributed by atoms with E-state index in [-0.39, 0.29) is 17.4 Å². The third kappa shape index (κ3) is 3.66. The van der Waals surface area contributed by atoms with Crippen molar-refractivity contribution in [3.05, 3.63) is 53.4 Å². The van der Waals surface area contributed by atoms with Crippen molar-refractivity contribution in [1.29, 1.82) is 0 Å². The van der Waals surface area contributed by atoms with E-state index in [2.05, 4.69) is 21.4 Å². The molecule has 0 radical (unpaired) electrons. The standard InChI is InChI=1S/C21H25ClN4O/c22-16-3-1-2-15(11-16)21(12-23)8-6-17(7-9-21)26-20(27)14-4-5-18-19(10-14)25-13-24-18/h1-5,10,13,15,17H,6-9,11-12,23H2,(H,24,25)(H,26,27). The lowest BCUT2D eigenvalue weighted by Gasteiger charge is -2.44. The topological polar surface area (TPSA) is 83.8 Å². The number of halogens is 1. The molecule has 1 fully saturated rings. The van der Waals surface area contributed by atoms with Gasteiger partial charge in [-0.25, -0.2) is 4.98 Å². The first-order valence-corrected chi connectivity index (χ1v) is 9.94. The molecule has 2 aromatic rings. The number of hydrogen-bond acceptors (Lipinski definition) is 3. The number of imidazole rings is 1. The van der Waals surface area contributed by atoms with Crippen molar-refractivity contribution in [1.82, 2.24) is 15.3 Å². The molecule has 1 saturated carbocycles. The number of nitrogens with zero attached hydrogens (tertiary/aromatic N) is 1. The molecule has 27 heavy (non-hydrogen) atoms. The van der Waals surface area contributed by atoms with Gasteiger partial charge in [-0.3, -0.25) is 4.79 Å².